The van der Waals surface area contributed by atoms with Crippen LogP contribution in [0.25, 0.3) is 11.5 Å². The Bertz CT molecular complexity index is 366. The molecule has 0 aliphatic heterocycles. The number of nitrogens with one attached hydrogen (secondary N) is 1. The molecule has 0 amide bonds. The zero-order chi connectivity index (χ0) is 8.39. The summed E-state index contributed by atoms with van der Waals surface area (Å²) in [6.45, 7) is 0. The Hall–Kier alpha value is -1.91. The molecule has 5 heteroatoms. The molecule has 2 heterocycles. The van der Waals surface area contributed by atoms with Crippen LogP contribution < -0.4 is 5.73 Å². The first-order valence-corrected chi connectivity index (χ1v) is 3.44. The first-order chi connectivity index (χ1) is 5.86. The minimum absolute atomic E-state index is 0.442. The standard InChI is InChI=1S/C7H7N5/c8-6-4-5(11-12-6)7-9-2-1-3-10-7/h1-4H,(H3,8,11,12). The molecule has 0 fully saturated rings. The molecule has 12 heavy (non-hydrogen) atoms. The van der Waals surface area contributed by atoms with Crippen molar-refractivity contribution < 1.29 is 0 Å². The summed E-state index contributed by atoms with van der Waals surface area (Å²) in [5, 5.41) is 6.49. The van der Waals surface area contributed by atoms with Crippen molar-refractivity contribution >= 4 is 5.82 Å². The summed E-state index contributed by atoms with van der Waals surface area (Å²) < 4.78 is 0. The van der Waals surface area contributed by atoms with E-state index in [1.165, 1.54) is 0 Å². The summed E-state index contributed by atoms with van der Waals surface area (Å²) in [5.41, 5.74) is 6.15. The largest absolute Gasteiger partial charge is 0.382 e. The third kappa shape index (κ3) is 1.12. The molecule has 3 N–H and O–H groups in total. The maximum atomic E-state index is 5.42. The summed E-state index contributed by atoms with van der Waals surface area (Å²) in [6, 6.07) is 3.44. The van der Waals surface area contributed by atoms with Gasteiger partial charge in [0.05, 0.1) is 0 Å². The van der Waals surface area contributed by atoms with Crippen LogP contribution >= 0.6 is 0 Å². The second-order valence-electron chi connectivity index (χ2n) is 2.28. The lowest BCUT2D eigenvalue weighted by Gasteiger charge is -1.90. The molecule has 2 rings (SSSR count). The molecule has 2 aromatic rings. The molecule has 0 saturated carbocycles. The van der Waals surface area contributed by atoms with Gasteiger partial charge in [-0.3, -0.25) is 5.10 Å². The minimum Gasteiger partial charge on any atom is -0.382 e. The van der Waals surface area contributed by atoms with Gasteiger partial charge in [0.25, 0.3) is 0 Å². The number of nitrogens with zero attached hydrogens (tertiary/aromatic N) is 3. The van der Waals surface area contributed by atoms with E-state index in [1.54, 1.807) is 24.5 Å². The zero-order valence-electron chi connectivity index (χ0n) is 6.23. The number of aromatic amines is 1. The van der Waals surface area contributed by atoms with E-state index in [0.29, 0.717) is 11.6 Å². The van der Waals surface area contributed by atoms with Crippen LogP contribution in [-0.4, -0.2) is 20.2 Å². The van der Waals surface area contributed by atoms with Gasteiger partial charge in [0.2, 0.25) is 0 Å². The average Bonchev–Trinajstić information content (AvgIpc) is 2.54. The van der Waals surface area contributed by atoms with E-state index < -0.39 is 0 Å². The summed E-state index contributed by atoms with van der Waals surface area (Å²) in [6.07, 6.45) is 3.33. The number of hydrogen-bond donors (Lipinski definition) is 2. The highest BCUT2D eigenvalue weighted by Crippen LogP contribution is 2.11. The first-order valence-electron chi connectivity index (χ1n) is 3.44. The predicted molar refractivity (Wildman–Crippen MR) is 44.0 cm³/mol. The van der Waals surface area contributed by atoms with Crippen molar-refractivity contribution in [1.82, 2.24) is 20.2 Å². The molecule has 0 aliphatic rings. The van der Waals surface area contributed by atoms with Gasteiger partial charge >= 0.3 is 0 Å². The highest BCUT2D eigenvalue weighted by atomic mass is 15.2. The molecule has 0 saturated heterocycles. The number of rotatable bonds is 1. The van der Waals surface area contributed by atoms with Gasteiger partial charge in [-0.25, -0.2) is 9.97 Å². The minimum atomic E-state index is 0.442. The van der Waals surface area contributed by atoms with Gasteiger partial charge in [-0.1, -0.05) is 0 Å². The Morgan fingerprint density at radius 1 is 1.25 bits per heavy atom. The van der Waals surface area contributed by atoms with E-state index >= 15 is 0 Å². The number of anilines is 1. The van der Waals surface area contributed by atoms with Crippen molar-refractivity contribution in [2.24, 2.45) is 0 Å². The SMILES string of the molecule is Nc1cc(-c2ncccn2)[nH]n1. The van der Waals surface area contributed by atoms with Crippen molar-refractivity contribution in [2.75, 3.05) is 5.73 Å². The Labute approximate surface area is 68.7 Å². The molecule has 60 valence electrons. The maximum absolute atomic E-state index is 5.42. The average molecular weight is 161 g/mol. The number of H-pyrrole nitrogens is 1. The van der Waals surface area contributed by atoms with Crippen molar-refractivity contribution in [2.45, 2.75) is 0 Å². The zero-order valence-corrected chi connectivity index (χ0v) is 6.23. The van der Waals surface area contributed by atoms with Crippen LogP contribution in [0.15, 0.2) is 24.5 Å². The summed E-state index contributed by atoms with van der Waals surface area (Å²) in [4.78, 5) is 8.05. The second kappa shape index (κ2) is 2.61. The number of aromatic nitrogens is 4. The van der Waals surface area contributed by atoms with Gasteiger partial charge in [-0.2, -0.15) is 5.10 Å². The third-order valence-electron chi connectivity index (χ3n) is 1.40. The van der Waals surface area contributed by atoms with Crippen LogP contribution in [0.1, 0.15) is 0 Å². The molecule has 0 radical (unpaired) electrons. The van der Waals surface area contributed by atoms with Gasteiger partial charge in [-0.05, 0) is 6.07 Å². The topological polar surface area (TPSA) is 80.5 Å². The number of nitrogens with two attached hydrogens (primary N) is 1. The molecular formula is C7H7N5. The van der Waals surface area contributed by atoms with Crippen LogP contribution in [0, 0.1) is 0 Å². The van der Waals surface area contributed by atoms with Crippen LogP contribution in [-0.2, 0) is 0 Å². The fourth-order valence-electron chi connectivity index (χ4n) is 0.890. The van der Waals surface area contributed by atoms with E-state index in [9.17, 15) is 0 Å². The number of nitrogen functional groups attached to an aromatic ring is 1. The lowest BCUT2D eigenvalue weighted by molar-refractivity contribution is 1.07. The van der Waals surface area contributed by atoms with E-state index in [4.69, 9.17) is 5.73 Å². The van der Waals surface area contributed by atoms with Crippen LogP contribution in [0.4, 0.5) is 5.82 Å². The van der Waals surface area contributed by atoms with Crippen molar-refractivity contribution in [3.05, 3.63) is 24.5 Å². The van der Waals surface area contributed by atoms with Crippen LogP contribution in [0.2, 0.25) is 0 Å². The number of hydrogen-bond acceptors (Lipinski definition) is 4. The van der Waals surface area contributed by atoms with Crippen molar-refractivity contribution in [1.29, 1.82) is 0 Å². The van der Waals surface area contributed by atoms with E-state index in [-0.39, 0.29) is 0 Å². The third-order valence-corrected chi connectivity index (χ3v) is 1.40. The Balaban J connectivity index is 2.45. The maximum Gasteiger partial charge on any atom is 0.177 e. The van der Waals surface area contributed by atoms with Gasteiger partial charge < -0.3 is 5.73 Å². The molecule has 5 nitrogen and oxygen atoms in total. The van der Waals surface area contributed by atoms with Gasteiger partial charge in [0, 0.05) is 18.5 Å². The molecule has 0 aromatic carbocycles. The van der Waals surface area contributed by atoms with E-state index in [1.807, 2.05) is 0 Å². The summed E-state index contributed by atoms with van der Waals surface area (Å²) in [5.74, 6) is 1.04. The molecule has 0 atom stereocenters. The van der Waals surface area contributed by atoms with Crippen molar-refractivity contribution in [3.63, 3.8) is 0 Å². The summed E-state index contributed by atoms with van der Waals surface area (Å²) >= 11 is 0. The smallest absolute Gasteiger partial charge is 0.177 e. The Kier molecular flexibility index (Phi) is 1.48. The molecule has 0 bridgehead atoms. The Morgan fingerprint density at radius 3 is 2.58 bits per heavy atom. The van der Waals surface area contributed by atoms with Crippen LogP contribution in [0.3, 0.4) is 0 Å². The highest BCUT2D eigenvalue weighted by molar-refractivity contribution is 5.53. The first kappa shape index (κ1) is 6.78. The van der Waals surface area contributed by atoms with E-state index in [0.717, 1.165) is 5.69 Å². The lowest BCUT2D eigenvalue weighted by Crippen LogP contribution is -1.85. The van der Waals surface area contributed by atoms with Gasteiger partial charge in [-0.15, -0.1) is 0 Å². The molecule has 0 aliphatic carbocycles. The normalized spacial score (nSPS) is 10.0. The second-order valence-corrected chi connectivity index (χ2v) is 2.28. The molecule has 0 spiro atoms. The van der Waals surface area contributed by atoms with Gasteiger partial charge in [0.1, 0.15) is 11.5 Å². The molecule has 2 aromatic heterocycles. The fourth-order valence-corrected chi connectivity index (χ4v) is 0.890. The Morgan fingerprint density at radius 2 is 2.00 bits per heavy atom. The predicted octanol–water partition coefficient (Wildman–Crippen LogP) is 0.449. The van der Waals surface area contributed by atoms with Gasteiger partial charge in [0.15, 0.2) is 5.82 Å². The van der Waals surface area contributed by atoms with Crippen molar-refractivity contribution in [3.8, 4) is 11.5 Å². The van der Waals surface area contributed by atoms with E-state index in [2.05, 4.69) is 20.2 Å². The summed E-state index contributed by atoms with van der Waals surface area (Å²) in [7, 11) is 0. The quantitative estimate of drug-likeness (QED) is 0.636. The molecule has 0 unspecified atom stereocenters. The van der Waals surface area contributed by atoms with Crippen LogP contribution in [0.5, 0.6) is 0 Å². The molecular weight excluding hydrogens is 154 g/mol. The lowest BCUT2D eigenvalue weighted by atomic mass is 10.4. The monoisotopic (exact) mass is 161 g/mol. The highest BCUT2D eigenvalue weighted by Gasteiger charge is 2.01. The fraction of sp³-hybridized carbons (Fsp3) is 0.